The minimum Gasteiger partial charge on any atom is -0.481 e. The van der Waals surface area contributed by atoms with Crippen LogP contribution in [0.4, 0.5) is 0 Å². The first-order chi connectivity index (χ1) is 7.89. The van der Waals surface area contributed by atoms with Crippen molar-refractivity contribution >= 4 is 29.2 Å². The van der Waals surface area contributed by atoms with E-state index in [1.54, 1.807) is 25.1 Å². The molecule has 0 fully saturated rings. The van der Waals surface area contributed by atoms with Crippen LogP contribution in [0.3, 0.4) is 0 Å². The van der Waals surface area contributed by atoms with Gasteiger partial charge in [0.1, 0.15) is 0 Å². The van der Waals surface area contributed by atoms with Crippen LogP contribution in [-0.2, 0) is 11.2 Å². The Kier molecular flexibility index (Phi) is 4.84. The van der Waals surface area contributed by atoms with Crippen molar-refractivity contribution in [2.45, 2.75) is 33.1 Å². The Morgan fingerprint density at radius 1 is 1.41 bits per heavy atom. The largest absolute Gasteiger partial charge is 0.481 e. The van der Waals surface area contributed by atoms with Crippen molar-refractivity contribution < 1.29 is 9.90 Å². The molecule has 94 valence electrons. The molecule has 1 unspecified atom stereocenters. The molecule has 0 spiro atoms. The number of halogens is 2. The molecule has 0 amide bonds. The zero-order valence-electron chi connectivity index (χ0n) is 9.96. The summed E-state index contributed by atoms with van der Waals surface area (Å²) in [6.07, 6.45) is 1.88. The average Bonchev–Trinajstić information content (AvgIpc) is 2.22. The van der Waals surface area contributed by atoms with Crippen LogP contribution in [0.5, 0.6) is 0 Å². The smallest absolute Gasteiger partial charge is 0.309 e. The zero-order chi connectivity index (χ0) is 13.1. The second-order valence-electron chi connectivity index (χ2n) is 4.53. The lowest BCUT2D eigenvalue weighted by atomic mass is 9.80. The van der Waals surface area contributed by atoms with Crippen molar-refractivity contribution in [1.29, 1.82) is 0 Å². The van der Waals surface area contributed by atoms with Gasteiger partial charge in [0, 0.05) is 10.0 Å². The van der Waals surface area contributed by atoms with E-state index in [0.29, 0.717) is 22.9 Å². The first-order valence-electron chi connectivity index (χ1n) is 5.56. The highest BCUT2D eigenvalue weighted by Crippen LogP contribution is 2.32. The first kappa shape index (κ1) is 14.3. The minimum atomic E-state index is -0.787. The topological polar surface area (TPSA) is 37.3 Å². The molecule has 0 aliphatic heterocycles. The standard InChI is InChI=1S/C13H16Cl2O2/c1-3-6-13(2,12(16)17)8-9-4-5-10(14)7-11(9)15/h4-5,7H,3,6,8H2,1-2H3,(H,16,17). The Morgan fingerprint density at radius 2 is 2.06 bits per heavy atom. The second kappa shape index (κ2) is 5.74. The SMILES string of the molecule is CCCC(C)(Cc1ccc(Cl)cc1Cl)C(=O)O. The molecule has 0 saturated carbocycles. The number of carboxylic acid groups (broad SMARTS) is 1. The van der Waals surface area contributed by atoms with Gasteiger partial charge in [-0.05, 0) is 37.5 Å². The molecule has 0 aliphatic rings. The van der Waals surface area contributed by atoms with Crippen molar-refractivity contribution in [2.24, 2.45) is 5.41 Å². The number of carbonyl (C=O) groups is 1. The fourth-order valence-corrected chi connectivity index (χ4v) is 2.38. The van der Waals surface area contributed by atoms with E-state index in [0.717, 1.165) is 12.0 Å². The van der Waals surface area contributed by atoms with Crippen LogP contribution in [0.2, 0.25) is 10.0 Å². The van der Waals surface area contributed by atoms with Crippen molar-refractivity contribution in [3.05, 3.63) is 33.8 Å². The Balaban J connectivity index is 2.98. The van der Waals surface area contributed by atoms with Crippen molar-refractivity contribution in [3.63, 3.8) is 0 Å². The maximum atomic E-state index is 11.3. The van der Waals surface area contributed by atoms with Crippen molar-refractivity contribution in [2.75, 3.05) is 0 Å². The van der Waals surface area contributed by atoms with Crippen molar-refractivity contribution in [1.82, 2.24) is 0 Å². The van der Waals surface area contributed by atoms with E-state index in [9.17, 15) is 9.90 Å². The summed E-state index contributed by atoms with van der Waals surface area (Å²) in [5.74, 6) is -0.787. The summed E-state index contributed by atoms with van der Waals surface area (Å²) in [5.41, 5.74) is 0.0566. The van der Waals surface area contributed by atoms with Crippen LogP contribution < -0.4 is 0 Å². The van der Waals surface area contributed by atoms with Crippen LogP contribution in [0.1, 0.15) is 32.3 Å². The normalized spacial score (nSPS) is 14.4. The van der Waals surface area contributed by atoms with Crippen LogP contribution >= 0.6 is 23.2 Å². The molecule has 17 heavy (non-hydrogen) atoms. The molecule has 0 aromatic heterocycles. The lowest BCUT2D eigenvalue weighted by Gasteiger charge is -2.24. The lowest BCUT2D eigenvalue weighted by Crippen LogP contribution is -2.30. The molecular formula is C13H16Cl2O2. The Morgan fingerprint density at radius 3 is 2.53 bits per heavy atom. The molecule has 0 saturated heterocycles. The molecule has 1 aromatic rings. The Labute approximate surface area is 112 Å². The van der Waals surface area contributed by atoms with E-state index in [4.69, 9.17) is 23.2 Å². The van der Waals surface area contributed by atoms with E-state index < -0.39 is 11.4 Å². The summed E-state index contributed by atoms with van der Waals surface area (Å²) in [6, 6.07) is 5.17. The highest BCUT2D eigenvalue weighted by molar-refractivity contribution is 6.35. The number of carboxylic acids is 1. The molecule has 0 aliphatic carbocycles. The summed E-state index contributed by atoms with van der Waals surface area (Å²) in [5, 5.41) is 10.4. The molecular weight excluding hydrogens is 259 g/mol. The molecule has 0 radical (unpaired) electrons. The van der Waals surface area contributed by atoms with Gasteiger partial charge in [0.2, 0.25) is 0 Å². The molecule has 1 aromatic carbocycles. The Bertz CT molecular complexity index is 418. The highest BCUT2D eigenvalue weighted by Gasteiger charge is 2.32. The molecule has 1 N–H and O–H groups in total. The van der Waals surface area contributed by atoms with Gasteiger partial charge in [-0.25, -0.2) is 0 Å². The van der Waals surface area contributed by atoms with E-state index in [1.165, 1.54) is 0 Å². The quantitative estimate of drug-likeness (QED) is 0.863. The minimum absolute atomic E-state index is 0.423. The predicted molar refractivity (Wildman–Crippen MR) is 70.8 cm³/mol. The van der Waals surface area contributed by atoms with Gasteiger partial charge >= 0.3 is 5.97 Å². The Hall–Kier alpha value is -0.730. The molecule has 2 nitrogen and oxygen atoms in total. The van der Waals surface area contributed by atoms with Crippen LogP contribution in [-0.4, -0.2) is 11.1 Å². The summed E-state index contributed by atoms with van der Waals surface area (Å²) < 4.78 is 0. The van der Waals surface area contributed by atoms with Gasteiger partial charge in [0.05, 0.1) is 5.41 Å². The van der Waals surface area contributed by atoms with Gasteiger partial charge in [-0.1, -0.05) is 42.6 Å². The van der Waals surface area contributed by atoms with Crippen LogP contribution in [0, 0.1) is 5.41 Å². The van der Waals surface area contributed by atoms with Crippen LogP contribution in [0.15, 0.2) is 18.2 Å². The monoisotopic (exact) mass is 274 g/mol. The third kappa shape index (κ3) is 3.62. The summed E-state index contributed by atoms with van der Waals surface area (Å²) >= 11 is 11.9. The summed E-state index contributed by atoms with van der Waals surface area (Å²) in [4.78, 5) is 11.3. The van der Waals surface area contributed by atoms with E-state index in [2.05, 4.69) is 0 Å². The maximum Gasteiger partial charge on any atom is 0.309 e. The predicted octanol–water partition coefficient (Wildman–Crippen LogP) is 4.43. The fourth-order valence-electron chi connectivity index (χ4n) is 1.91. The van der Waals surface area contributed by atoms with Gasteiger partial charge in [-0.2, -0.15) is 0 Å². The van der Waals surface area contributed by atoms with Gasteiger partial charge in [0.25, 0.3) is 0 Å². The molecule has 1 rings (SSSR count). The number of hydrogen-bond donors (Lipinski definition) is 1. The average molecular weight is 275 g/mol. The maximum absolute atomic E-state index is 11.3. The third-order valence-electron chi connectivity index (χ3n) is 2.91. The highest BCUT2D eigenvalue weighted by atomic mass is 35.5. The molecule has 1 atom stereocenters. The van der Waals surface area contributed by atoms with Gasteiger partial charge in [-0.3, -0.25) is 4.79 Å². The number of aliphatic carboxylic acids is 1. The summed E-state index contributed by atoms with van der Waals surface area (Å²) in [6.45, 7) is 3.73. The van der Waals surface area contributed by atoms with Crippen molar-refractivity contribution in [3.8, 4) is 0 Å². The molecule has 0 heterocycles. The second-order valence-corrected chi connectivity index (χ2v) is 5.37. The fraction of sp³-hybridized carbons (Fsp3) is 0.462. The van der Waals surface area contributed by atoms with E-state index >= 15 is 0 Å². The summed E-state index contributed by atoms with van der Waals surface area (Å²) in [7, 11) is 0. The molecule has 4 heteroatoms. The number of rotatable bonds is 5. The first-order valence-corrected chi connectivity index (χ1v) is 6.32. The molecule has 0 bridgehead atoms. The number of benzene rings is 1. The van der Waals surface area contributed by atoms with Gasteiger partial charge in [0.15, 0.2) is 0 Å². The van der Waals surface area contributed by atoms with E-state index in [1.807, 2.05) is 6.92 Å². The van der Waals surface area contributed by atoms with Crippen LogP contribution in [0.25, 0.3) is 0 Å². The zero-order valence-corrected chi connectivity index (χ0v) is 11.5. The van der Waals surface area contributed by atoms with E-state index in [-0.39, 0.29) is 0 Å². The van der Waals surface area contributed by atoms with Gasteiger partial charge in [-0.15, -0.1) is 0 Å². The number of hydrogen-bond acceptors (Lipinski definition) is 1. The lowest BCUT2D eigenvalue weighted by molar-refractivity contribution is -0.148. The third-order valence-corrected chi connectivity index (χ3v) is 3.50. The van der Waals surface area contributed by atoms with Gasteiger partial charge < -0.3 is 5.11 Å².